The Balaban J connectivity index is 1.53. The molecule has 1 saturated heterocycles. The van der Waals surface area contributed by atoms with E-state index in [1.54, 1.807) is 0 Å². The Morgan fingerprint density at radius 1 is 1.41 bits per heavy atom. The minimum atomic E-state index is -0.810. The summed E-state index contributed by atoms with van der Waals surface area (Å²) in [4.78, 5) is 56.2. The number of esters is 1. The molecule has 0 aromatic carbocycles. The molecule has 2 aromatic rings. The van der Waals surface area contributed by atoms with E-state index < -0.39 is 41.5 Å². The normalized spacial score (nSPS) is 19.7. The molecule has 0 saturated carbocycles. The summed E-state index contributed by atoms with van der Waals surface area (Å²) in [6.45, 7) is 0.974. The number of aromatic nitrogens is 3. The first-order valence-electron chi connectivity index (χ1n) is 9.49. The number of aryl methyl sites for hydroxylation is 1. The first kappa shape index (κ1) is 22.7. The largest absolute Gasteiger partial charge is 0.462 e. The molecule has 32 heavy (non-hydrogen) atoms. The van der Waals surface area contributed by atoms with Gasteiger partial charge in [0, 0.05) is 41.0 Å². The molecule has 3 unspecified atom stereocenters. The number of hydrogen-bond acceptors (Lipinski definition) is 9. The lowest BCUT2D eigenvalue weighted by Gasteiger charge is -2.17. The number of azide groups is 1. The Morgan fingerprint density at radius 3 is 2.88 bits per heavy atom. The van der Waals surface area contributed by atoms with Crippen LogP contribution < -0.4 is 22.1 Å². The number of hydrazine groups is 1. The molecule has 1 fully saturated rings. The number of carbonyl (C=O) groups is 2. The Morgan fingerprint density at radius 2 is 2.16 bits per heavy atom. The van der Waals surface area contributed by atoms with Crippen LogP contribution in [0.5, 0.6) is 0 Å². The molecule has 1 aliphatic heterocycles. The average molecular weight is 444 g/mol. The number of amides is 1. The van der Waals surface area contributed by atoms with Gasteiger partial charge in [-0.3, -0.25) is 34.3 Å². The van der Waals surface area contributed by atoms with Crippen LogP contribution in [0.1, 0.15) is 28.6 Å². The minimum absolute atomic E-state index is 0.151. The second kappa shape index (κ2) is 10.3. The highest BCUT2D eigenvalue weighted by Gasteiger charge is 2.37. The van der Waals surface area contributed by atoms with E-state index in [2.05, 4.69) is 30.8 Å². The van der Waals surface area contributed by atoms with Crippen molar-refractivity contribution in [3.63, 3.8) is 0 Å². The zero-order valence-electron chi connectivity index (χ0n) is 16.9. The van der Waals surface area contributed by atoms with Gasteiger partial charge in [0.2, 0.25) is 0 Å². The molecule has 1 aliphatic rings. The summed E-state index contributed by atoms with van der Waals surface area (Å²) >= 11 is 0. The molecule has 0 spiro atoms. The van der Waals surface area contributed by atoms with Gasteiger partial charge in [0.15, 0.2) is 0 Å². The molecule has 14 nitrogen and oxygen atoms in total. The van der Waals surface area contributed by atoms with Crippen LogP contribution in [0.4, 0.5) is 0 Å². The van der Waals surface area contributed by atoms with Gasteiger partial charge >= 0.3 is 11.7 Å². The van der Waals surface area contributed by atoms with E-state index in [1.807, 2.05) is 0 Å². The SMILES string of the molecule is Cc1cn(C2CC(N=[N+]=[N-])C(COC(=O)CNNC(=O)c3ccncc3)O2)c(=O)[nH]c1=O. The number of rotatable bonds is 8. The van der Waals surface area contributed by atoms with Crippen LogP contribution in [0, 0.1) is 6.92 Å². The van der Waals surface area contributed by atoms with Gasteiger partial charge in [0.25, 0.3) is 11.5 Å². The summed E-state index contributed by atoms with van der Waals surface area (Å²) in [5.74, 6) is -1.14. The van der Waals surface area contributed by atoms with E-state index >= 15 is 0 Å². The van der Waals surface area contributed by atoms with Crippen molar-refractivity contribution in [2.24, 2.45) is 5.11 Å². The van der Waals surface area contributed by atoms with E-state index in [0.717, 1.165) is 0 Å². The summed E-state index contributed by atoms with van der Waals surface area (Å²) in [6, 6.07) is 2.32. The van der Waals surface area contributed by atoms with E-state index in [9.17, 15) is 19.2 Å². The molecule has 3 atom stereocenters. The highest BCUT2D eigenvalue weighted by atomic mass is 16.6. The number of H-pyrrole nitrogens is 1. The topological polar surface area (TPSA) is 193 Å². The second-order valence-electron chi connectivity index (χ2n) is 6.84. The van der Waals surface area contributed by atoms with Gasteiger partial charge in [0.05, 0.1) is 6.04 Å². The maximum Gasteiger partial charge on any atom is 0.330 e. The van der Waals surface area contributed by atoms with E-state index in [4.69, 9.17) is 15.0 Å². The third-order valence-corrected chi connectivity index (χ3v) is 4.65. The van der Waals surface area contributed by atoms with Crippen molar-refractivity contribution in [3.05, 3.63) is 73.1 Å². The number of aromatic amines is 1. The van der Waals surface area contributed by atoms with E-state index in [0.29, 0.717) is 11.1 Å². The Bertz CT molecular complexity index is 1140. The summed E-state index contributed by atoms with van der Waals surface area (Å²) in [6.07, 6.45) is 2.81. The van der Waals surface area contributed by atoms with Crippen molar-refractivity contribution in [3.8, 4) is 0 Å². The average Bonchev–Trinajstić information content (AvgIpc) is 3.18. The molecular weight excluding hydrogens is 424 g/mol. The molecule has 0 aliphatic carbocycles. The third kappa shape index (κ3) is 5.57. The maximum atomic E-state index is 12.1. The lowest BCUT2D eigenvalue weighted by atomic mass is 10.1. The van der Waals surface area contributed by atoms with Crippen molar-refractivity contribution in [2.75, 3.05) is 13.2 Å². The zero-order chi connectivity index (χ0) is 23.1. The van der Waals surface area contributed by atoms with E-state index in [-0.39, 0.29) is 19.6 Å². The van der Waals surface area contributed by atoms with Crippen LogP contribution in [0.25, 0.3) is 10.4 Å². The van der Waals surface area contributed by atoms with Gasteiger partial charge in [-0.15, -0.1) is 0 Å². The highest BCUT2D eigenvalue weighted by molar-refractivity contribution is 5.93. The van der Waals surface area contributed by atoms with Crippen LogP contribution in [0.3, 0.4) is 0 Å². The van der Waals surface area contributed by atoms with Crippen molar-refractivity contribution in [1.29, 1.82) is 0 Å². The second-order valence-corrected chi connectivity index (χ2v) is 6.84. The van der Waals surface area contributed by atoms with Gasteiger partial charge in [-0.05, 0) is 24.6 Å². The zero-order valence-corrected chi connectivity index (χ0v) is 16.9. The van der Waals surface area contributed by atoms with Gasteiger partial charge < -0.3 is 9.47 Å². The fourth-order valence-corrected chi connectivity index (χ4v) is 3.02. The number of nitrogens with zero attached hydrogens (tertiary/aromatic N) is 5. The quantitative estimate of drug-likeness (QED) is 0.162. The molecule has 3 rings (SSSR count). The van der Waals surface area contributed by atoms with Crippen molar-refractivity contribution in [1.82, 2.24) is 25.4 Å². The molecule has 3 heterocycles. The number of nitrogens with one attached hydrogen (secondary N) is 3. The highest BCUT2D eigenvalue weighted by Crippen LogP contribution is 2.30. The summed E-state index contributed by atoms with van der Waals surface area (Å²) in [5.41, 5.74) is 13.1. The minimum Gasteiger partial charge on any atom is -0.462 e. The number of ether oxygens (including phenoxy) is 2. The summed E-state index contributed by atoms with van der Waals surface area (Å²) < 4.78 is 12.1. The third-order valence-electron chi connectivity index (χ3n) is 4.65. The summed E-state index contributed by atoms with van der Waals surface area (Å²) in [5, 5.41) is 3.65. The summed E-state index contributed by atoms with van der Waals surface area (Å²) in [7, 11) is 0. The smallest absolute Gasteiger partial charge is 0.330 e. The predicted molar refractivity (Wildman–Crippen MR) is 108 cm³/mol. The monoisotopic (exact) mass is 444 g/mol. The van der Waals surface area contributed by atoms with Crippen molar-refractivity contribution < 1.29 is 19.1 Å². The van der Waals surface area contributed by atoms with Crippen LogP contribution in [0.15, 0.2) is 45.4 Å². The fraction of sp³-hybridized carbons (Fsp3) is 0.389. The molecule has 168 valence electrons. The fourth-order valence-electron chi connectivity index (χ4n) is 3.02. The van der Waals surface area contributed by atoms with E-state index in [1.165, 1.54) is 42.2 Å². The molecule has 2 aromatic heterocycles. The molecule has 1 amide bonds. The van der Waals surface area contributed by atoms with Crippen LogP contribution in [0.2, 0.25) is 0 Å². The van der Waals surface area contributed by atoms with Gasteiger partial charge in [-0.1, -0.05) is 5.11 Å². The predicted octanol–water partition coefficient (Wildman–Crippen LogP) is -0.316. The molecule has 14 heteroatoms. The van der Waals surface area contributed by atoms with Gasteiger partial charge in [-0.2, -0.15) is 0 Å². The van der Waals surface area contributed by atoms with Gasteiger partial charge in [0.1, 0.15) is 25.5 Å². The van der Waals surface area contributed by atoms with Crippen LogP contribution in [-0.4, -0.2) is 51.7 Å². The Labute approximate surface area is 180 Å². The lowest BCUT2D eigenvalue weighted by molar-refractivity contribution is -0.147. The molecule has 0 radical (unpaired) electrons. The van der Waals surface area contributed by atoms with Crippen LogP contribution in [-0.2, 0) is 14.3 Å². The Hall–Kier alpha value is -4.00. The van der Waals surface area contributed by atoms with Crippen molar-refractivity contribution in [2.45, 2.75) is 31.7 Å². The molecular formula is C18H20N8O6. The molecule has 0 bridgehead atoms. The standard InChI is InChI=1S/C18H20N8O6/c1-10-8-26(18(30)22-16(10)28)14-6-12(23-25-19)13(32-14)9-31-15(27)7-21-24-17(29)11-2-4-20-5-3-11/h2-5,8,12-14,21H,6-7,9H2,1H3,(H,24,29)(H,22,28,30). The number of carbonyl (C=O) groups excluding carboxylic acids is 2. The lowest BCUT2D eigenvalue weighted by Crippen LogP contribution is -2.41. The maximum absolute atomic E-state index is 12.1. The first-order valence-corrected chi connectivity index (χ1v) is 9.49. The first-order chi connectivity index (χ1) is 15.4. The van der Waals surface area contributed by atoms with Gasteiger partial charge in [-0.25, -0.2) is 10.2 Å². The Kier molecular flexibility index (Phi) is 7.33. The number of pyridine rings is 1. The number of hydrogen-bond donors (Lipinski definition) is 3. The molecule has 3 N–H and O–H groups in total. The van der Waals surface area contributed by atoms with Crippen LogP contribution >= 0.6 is 0 Å². The van der Waals surface area contributed by atoms with Crippen molar-refractivity contribution >= 4 is 11.9 Å².